The van der Waals surface area contributed by atoms with Crippen LogP contribution in [0.1, 0.15) is 33.6 Å². The van der Waals surface area contributed by atoms with E-state index in [2.05, 4.69) is 26.1 Å². The van der Waals surface area contributed by atoms with Crippen LogP contribution in [0.4, 0.5) is 0 Å². The Morgan fingerprint density at radius 3 is 2.25 bits per heavy atom. The fourth-order valence-electron chi connectivity index (χ4n) is 1.77. The molecule has 0 radical (unpaired) electrons. The molecule has 0 bridgehead atoms. The molecule has 1 atom stereocenters. The molecular weight excluding hydrogens is 202 g/mol. The Hall–Kier alpha value is -0.120. The largest absolute Gasteiger partial charge is 0.379 e. The molecule has 1 unspecified atom stereocenters. The summed E-state index contributed by atoms with van der Waals surface area (Å²) in [6.07, 6.45) is 2.73. The minimum absolute atomic E-state index is 0.565. The van der Waals surface area contributed by atoms with E-state index in [-0.39, 0.29) is 0 Å². The predicted octanol–water partition coefficient (Wildman–Crippen LogP) is 2.06. The van der Waals surface area contributed by atoms with Crippen molar-refractivity contribution in [2.75, 3.05) is 33.0 Å². The summed E-state index contributed by atoms with van der Waals surface area (Å²) in [5, 5.41) is 3.49. The molecule has 0 amide bonds. The van der Waals surface area contributed by atoms with Crippen molar-refractivity contribution in [1.82, 2.24) is 5.32 Å². The fourth-order valence-corrected chi connectivity index (χ4v) is 1.77. The quantitative estimate of drug-likeness (QED) is 0.582. The first kappa shape index (κ1) is 13.9. The molecule has 3 nitrogen and oxygen atoms in total. The van der Waals surface area contributed by atoms with Crippen molar-refractivity contribution in [1.29, 1.82) is 0 Å². The average molecular weight is 229 g/mol. The average Bonchev–Trinajstić information content (AvgIpc) is 3.04. The maximum absolute atomic E-state index is 5.64. The zero-order valence-electron chi connectivity index (χ0n) is 11.0. The lowest BCUT2D eigenvalue weighted by Crippen LogP contribution is -2.35. The summed E-state index contributed by atoms with van der Waals surface area (Å²) in [7, 11) is 0. The van der Waals surface area contributed by atoms with Crippen molar-refractivity contribution in [2.24, 2.45) is 11.8 Å². The molecule has 1 saturated carbocycles. The van der Waals surface area contributed by atoms with Gasteiger partial charge in [-0.1, -0.05) is 20.8 Å². The number of nitrogens with one attached hydrogen (secondary N) is 1. The third-order valence-electron chi connectivity index (χ3n) is 2.78. The Bertz CT molecular complexity index is 169. The zero-order chi connectivity index (χ0) is 11.8. The van der Waals surface area contributed by atoms with E-state index in [0.717, 1.165) is 38.9 Å². The number of hydrogen-bond acceptors (Lipinski definition) is 3. The highest BCUT2D eigenvalue weighted by Crippen LogP contribution is 2.32. The Kier molecular flexibility index (Phi) is 7.01. The Morgan fingerprint density at radius 2 is 1.75 bits per heavy atom. The minimum Gasteiger partial charge on any atom is -0.379 e. The summed E-state index contributed by atoms with van der Waals surface area (Å²) >= 11 is 0. The summed E-state index contributed by atoms with van der Waals surface area (Å²) in [5.74, 6) is 1.47. The van der Waals surface area contributed by atoms with Crippen LogP contribution in [0, 0.1) is 11.8 Å². The molecule has 3 heteroatoms. The molecule has 1 rings (SSSR count). The van der Waals surface area contributed by atoms with Gasteiger partial charge in [0.05, 0.1) is 19.8 Å². The van der Waals surface area contributed by atoms with Gasteiger partial charge in [0.25, 0.3) is 0 Å². The highest BCUT2D eigenvalue weighted by Gasteiger charge is 2.30. The number of likely N-dealkylation sites (N-methyl/N-ethyl adjacent to an activating group) is 1. The van der Waals surface area contributed by atoms with Crippen molar-refractivity contribution in [3.05, 3.63) is 0 Å². The molecule has 0 heterocycles. The van der Waals surface area contributed by atoms with Crippen LogP contribution in [-0.2, 0) is 9.47 Å². The van der Waals surface area contributed by atoms with E-state index in [0.29, 0.717) is 12.0 Å². The zero-order valence-corrected chi connectivity index (χ0v) is 11.0. The van der Waals surface area contributed by atoms with Gasteiger partial charge in [-0.15, -0.1) is 0 Å². The fraction of sp³-hybridized carbons (Fsp3) is 1.00. The smallest absolute Gasteiger partial charge is 0.0701 e. The summed E-state index contributed by atoms with van der Waals surface area (Å²) in [4.78, 5) is 0. The van der Waals surface area contributed by atoms with Gasteiger partial charge < -0.3 is 14.8 Å². The summed E-state index contributed by atoms with van der Waals surface area (Å²) in [6.45, 7) is 10.6. The molecule has 0 aromatic heterocycles. The first-order valence-corrected chi connectivity index (χ1v) is 6.63. The van der Waals surface area contributed by atoms with Crippen molar-refractivity contribution < 1.29 is 9.47 Å². The van der Waals surface area contributed by atoms with Gasteiger partial charge in [-0.05, 0) is 31.2 Å². The van der Waals surface area contributed by atoms with Gasteiger partial charge in [0, 0.05) is 12.6 Å². The second kappa shape index (κ2) is 8.04. The van der Waals surface area contributed by atoms with Crippen LogP contribution in [0.2, 0.25) is 0 Å². The van der Waals surface area contributed by atoms with E-state index < -0.39 is 0 Å². The van der Waals surface area contributed by atoms with Crippen LogP contribution in [0.25, 0.3) is 0 Å². The molecular formula is C13H27NO2. The highest BCUT2D eigenvalue weighted by molar-refractivity contribution is 4.85. The third-order valence-corrected chi connectivity index (χ3v) is 2.78. The van der Waals surface area contributed by atoms with Crippen LogP contribution in [0.15, 0.2) is 0 Å². The van der Waals surface area contributed by atoms with Gasteiger partial charge in [0.15, 0.2) is 0 Å². The van der Waals surface area contributed by atoms with Crippen LogP contribution >= 0.6 is 0 Å². The molecule has 1 N–H and O–H groups in total. The Balaban J connectivity index is 1.92. The first-order chi connectivity index (χ1) is 7.74. The molecule has 0 aromatic rings. The minimum atomic E-state index is 0.565. The lowest BCUT2D eigenvalue weighted by Gasteiger charge is -2.17. The van der Waals surface area contributed by atoms with Crippen LogP contribution in [0.5, 0.6) is 0 Å². The molecule has 16 heavy (non-hydrogen) atoms. The Morgan fingerprint density at radius 1 is 1.12 bits per heavy atom. The normalized spacial score (nSPS) is 18.0. The molecule has 0 aliphatic heterocycles. The van der Waals surface area contributed by atoms with E-state index >= 15 is 0 Å². The molecule has 96 valence electrons. The van der Waals surface area contributed by atoms with Crippen LogP contribution in [-0.4, -0.2) is 39.0 Å². The second-order valence-corrected chi connectivity index (χ2v) is 5.05. The maximum atomic E-state index is 5.64. The Labute approximate surface area is 99.9 Å². The molecule has 1 aliphatic rings. The number of rotatable bonds is 10. The van der Waals surface area contributed by atoms with Gasteiger partial charge in [-0.3, -0.25) is 0 Å². The van der Waals surface area contributed by atoms with E-state index in [1.165, 1.54) is 12.8 Å². The summed E-state index contributed by atoms with van der Waals surface area (Å²) in [6, 6.07) is 0.565. The van der Waals surface area contributed by atoms with Gasteiger partial charge in [-0.2, -0.15) is 0 Å². The van der Waals surface area contributed by atoms with Gasteiger partial charge in [-0.25, -0.2) is 0 Å². The highest BCUT2D eigenvalue weighted by atomic mass is 16.5. The van der Waals surface area contributed by atoms with Crippen LogP contribution < -0.4 is 5.32 Å². The van der Waals surface area contributed by atoms with Crippen molar-refractivity contribution >= 4 is 0 Å². The monoisotopic (exact) mass is 229 g/mol. The lowest BCUT2D eigenvalue weighted by molar-refractivity contribution is 0.0286. The first-order valence-electron chi connectivity index (χ1n) is 6.63. The lowest BCUT2D eigenvalue weighted by atomic mass is 10.2. The van der Waals surface area contributed by atoms with E-state index in [1.54, 1.807) is 0 Å². The predicted molar refractivity (Wildman–Crippen MR) is 66.7 cm³/mol. The van der Waals surface area contributed by atoms with E-state index in [1.807, 2.05) is 0 Å². The van der Waals surface area contributed by atoms with Gasteiger partial charge in [0.2, 0.25) is 0 Å². The van der Waals surface area contributed by atoms with E-state index in [9.17, 15) is 0 Å². The standard InChI is InChI=1S/C13H27NO2/c1-4-14-13(12-5-6-12)10-16-8-7-15-9-11(2)3/h11-14H,4-10H2,1-3H3. The summed E-state index contributed by atoms with van der Waals surface area (Å²) in [5.41, 5.74) is 0. The molecule has 1 fully saturated rings. The number of hydrogen-bond donors (Lipinski definition) is 1. The van der Waals surface area contributed by atoms with Crippen molar-refractivity contribution in [3.63, 3.8) is 0 Å². The molecule has 0 aromatic carbocycles. The molecule has 0 saturated heterocycles. The SMILES string of the molecule is CCNC(COCCOCC(C)C)C1CC1. The maximum Gasteiger partial charge on any atom is 0.0701 e. The molecule has 1 aliphatic carbocycles. The second-order valence-electron chi connectivity index (χ2n) is 5.05. The summed E-state index contributed by atoms with van der Waals surface area (Å²) < 4.78 is 11.1. The van der Waals surface area contributed by atoms with Crippen LogP contribution in [0.3, 0.4) is 0 Å². The topological polar surface area (TPSA) is 30.5 Å². The van der Waals surface area contributed by atoms with Crippen molar-refractivity contribution in [2.45, 2.75) is 39.7 Å². The molecule has 0 spiro atoms. The van der Waals surface area contributed by atoms with Gasteiger partial charge in [0.1, 0.15) is 0 Å². The van der Waals surface area contributed by atoms with E-state index in [4.69, 9.17) is 9.47 Å². The van der Waals surface area contributed by atoms with Crippen molar-refractivity contribution in [3.8, 4) is 0 Å². The van der Waals surface area contributed by atoms with Gasteiger partial charge >= 0.3 is 0 Å². The third kappa shape index (κ3) is 6.46. The number of ether oxygens (including phenoxy) is 2.